The summed E-state index contributed by atoms with van der Waals surface area (Å²) in [7, 11) is 4.07. The number of halogens is 1. The quantitative estimate of drug-likeness (QED) is 0.340. The molecule has 8 heteroatoms. The molecule has 160 valence electrons. The van der Waals surface area contributed by atoms with Gasteiger partial charge in [0.15, 0.2) is 5.96 Å². The van der Waals surface area contributed by atoms with Crippen molar-refractivity contribution in [1.29, 1.82) is 0 Å². The molecule has 2 heterocycles. The third kappa shape index (κ3) is 6.95. The molecule has 1 saturated heterocycles. The van der Waals surface area contributed by atoms with E-state index >= 15 is 0 Å². The maximum Gasteiger partial charge on any atom is 0.193 e. The second-order valence-corrected chi connectivity index (χ2v) is 7.64. The molecule has 0 radical (unpaired) electrons. The van der Waals surface area contributed by atoms with Gasteiger partial charge in [-0.15, -0.1) is 24.0 Å². The van der Waals surface area contributed by atoms with E-state index in [-0.39, 0.29) is 24.0 Å². The molecule has 1 unspecified atom stereocenters. The Morgan fingerprint density at radius 2 is 2.03 bits per heavy atom. The summed E-state index contributed by atoms with van der Waals surface area (Å²) in [6.07, 6.45) is 4.83. The number of hydrogen-bond donors (Lipinski definition) is 2. The molecule has 2 aromatic rings. The van der Waals surface area contributed by atoms with Gasteiger partial charge in [0.1, 0.15) is 12.2 Å². The fourth-order valence-corrected chi connectivity index (χ4v) is 3.75. The van der Waals surface area contributed by atoms with Crippen molar-refractivity contribution in [3.63, 3.8) is 0 Å². The number of H-pyrrole nitrogens is 1. The third-order valence-corrected chi connectivity index (χ3v) is 5.70. The van der Waals surface area contributed by atoms with Crippen LogP contribution in [0, 0.1) is 0 Å². The molecular weight excluding hydrogens is 477 g/mol. The number of aliphatic imine (C=N–C) groups is 1. The lowest BCUT2D eigenvalue weighted by molar-refractivity contribution is 0.237. The highest BCUT2D eigenvalue weighted by Gasteiger charge is 2.24. The Labute approximate surface area is 191 Å². The lowest BCUT2D eigenvalue weighted by atomic mass is 9.96. The number of aromatic nitrogens is 3. The first kappa shape index (κ1) is 23.6. The monoisotopic (exact) mass is 511 g/mol. The number of hydrogen-bond acceptors (Lipinski definition) is 4. The summed E-state index contributed by atoms with van der Waals surface area (Å²) in [5, 5.41) is 10.5. The minimum absolute atomic E-state index is 0. The first-order chi connectivity index (χ1) is 13.7. The zero-order chi connectivity index (χ0) is 19.8. The number of guanidine groups is 1. The zero-order valence-corrected chi connectivity index (χ0v) is 20.0. The van der Waals surface area contributed by atoms with Crippen molar-refractivity contribution in [3.8, 4) is 0 Å². The Kier molecular flexibility index (Phi) is 9.86. The van der Waals surface area contributed by atoms with Crippen LogP contribution in [0.15, 0.2) is 41.7 Å². The Morgan fingerprint density at radius 3 is 2.66 bits per heavy atom. The number of nitrogens with one attached hydrogen (secondary N) is 2. The van der Waals surface area contributed by atoms with Gasteiger partial charge in [-0.05, 0) is 38.8 Å². The molecule has 0 spiro atoms. The van der Waals surface area contributed by atoms with Crippen LogP contribution in [0.5, 0.6) is 0 Å². The topological polar surface area (TPSA) is 72.4 Å². The van der Waals surface area contributed by atoms with Gasteiger partial charge in [-0.1, -0.05) is 30.3 Å². The van der Waals surface area contributed by atoms with Gasteiger partial charge in [-0.3, -0.25) is 15.0 Å². The highest BCUT2D eigenvalue weighted by atomic mass is 127. The molecule has 1 aliphatic rings. The van der Waals surface area contributed by atoms with Crippen LogP contribution in [0.1, 0.15) is 43.5 Å². The van der Waals surface area contributed by atoms with Gasteiger partial charge in [0.05, 0.1) is 0 Å². The second kappa shape index (κ2) is 12.1. The average molecular weight is 511 g/mol. The highest BCUT2D eigenvalue weighted by Crippen LogP contribution is 2.24. The predicted molar refractivity (Wildman–Crippen MR) is 129 cm³/mol. The lowest BCUT2D eigenvalue weighted by Gasteiger charge is -2.33. The summed E-state index contributed by atoms with van der Waals surface area (Å²) in [6, 6.07) is 11.1. The minimum Gasteiger partial charge on any atom is -0.356 e. The van der Waals surface area contributed by atoms with Gasteiger partial charge in [0.2, 0.25) is 0 Å². The Balaban J connectivity index is 0.00000300. The molecule has 0 saturated carbocycles. The van der Waals surface area contributed by atoms with Crippen LogP contribution >= 0.6 is 24.0 Å². The van der Waals surface area contributed by atoms with Gasteiger partial charge in [-0.25, -0.2) is 4.98 Å². The molecule has 0 aliphatic carbocycles. The number of aromatic amines is 1. The van der Waals surface area contributed by atoms with Crippen LogP contribution in [0.25, 0.3) is 0 Å². The first-order valence-corrected chi connectivity index (χ1v) is 10.2. The molecule has 7 nitrogen and oxygen atoms in total. The van der Waals surface area contributed by atoms with Gasteiger partial charge < -0.3 is 10.2 Å². The van der Waals surface area contributed by atoms with Crippen LogP contribution in [0.2, 0.25) is 0 Å². The molecule has 1 fully saturated rings. The van der Waals surface area contributed by atoms with Crippen molar-refractivity contribution in [2.45, 2.75) is 44.7 Å². The molecule has 2 N–H and O–H groups in total. The highest BCUT2D eigenvalue weighted by molar-refractivity contribution is 14.0. The van der Waals surface area contributed by atoms with Gasteiger partial charge >= 0.3 is 0 Å². The molecule has 0 bridgehead atoms. The van der Waals surface area contributed by atoms with Crippen molar-refractivity contribution >= 4 is 29.9 Å². The summed E-state index contributed by atoms with van der Waals surface area (Å²) in [6.45, 7) is 6.18. The Bertz CT molecular complexity index is 712. The van der Waals surface area contributed by atoms with E-state index in [4.69, 9.17) is 0 Å². The Morgan fingerprint density at radius 1 is 1.31 bits per heavy atom. The molecule has 29 heavy (non-hydrogen) atoms. The summed E-state index contributed by atoms with van der Waals surface area (Å²) in [5.41, 5.74) is 1.36. The van der Waals surface area contributed by atoms with Gasteiger partial charge in [0.25, 0.3) is 0 Å². The molecule has 1 aromatic heterocycles. The van der Waals surface area contributed by atoms with E-state index in [1.54, 1.807) is 6.33 Å². The number of piperidine rings is 1. The van der Waals surface area contributed by atoms with E-state index < -0.39 is 0 Å². The van der Waals surface area contributed by atoms with Crippen LogP contribution < -0.4 is 5.32 Å². The Hall–Kier alpha value is -1.68. The third-order valence-electron chi connectivity index (χ3n) is 5.70. The maximum absolute atomic E-state index is 4.49. The molecule has 1 aliphatic heterocycles. The van der Waals surface area contributed by atoms with Gasteiger partial charge in [0, 0.05) is 45.2 Å². The van der Waals surface area contributed by atoms with E-state index in [9.17, 15) is 0 Å². The first-order valence-electron chi connectivity index (χ1n) is 10.2. The summed E-state index contributed by atoms with van der Waals surface area (Å²) in [5.74, 6) is 2.50. The number of likely N-dealkylation sites (tertiary alicyclic amines) is 1. The van der Waals surface area contributed by atoms with Crippen molar-refractivity contribution in [2.75, 3.05) is 33.7 Å². The fraction of sp³-hybridized carbons (Fsp3) is 0.571. The van der Waals surface area contributed by atoms with E-state index in [0.717, 1.165) is 57.2 Å². The molecule has 1 atom stereocenters. The largest absolute Gasteiger partial charge is 0.356 e. The van der Waals surface area contributed by atoms with Gasteiger partial charge in [-0.2, -0.15) is 5.10 Å². The number of benzene rings is 1. The summed E-state index contributed by atoms with van der Waals surface area (Å²) in [4.78, 5) is 13.6. The van der Waals surface area contributed by atoms with Crippen LogP contribution in [0.4, 0.5) is 0 Å². The summed E-state index contributed by atoms with van der Waals surface area (Å²) >= 11 is 0. The normalized spacial score (nSPS) is 16.6. The minimum atomic E-state index is 0. The zero-order valence-electron chi connectivity index (χ0n) is 17.7. The smallest absolute Gasteiger partial charge is 0.193 e. The molecule has 0 amide bonds. The molecule has 3 rings (SSSR count). The van der Waals surface area contributed by atoms with Crippen LogP contribution in [-0.4, -0.2) is 70.7 Å². The van der Waals surface area contributed by atoms with Crippen LogP contribution in [0.3, 0.4) is 0 Å². The molecule has 1 aromatic carbocycles. The fourth-order valence-electron chi connectivity index (χ4n) is 3.75. The van der Waals surface area contributed by atoms with Crippen molar-refractivity contribution < 1.29 is 0 Å². The van der Waals surface area contributed by atoms with E-state index in [1.165, 1.54) is 5.56 Å². The van der Waals surface area contributed by atoms with E-state index in [0.29, 0.717) is 12.0 Å². The number of rotatable bonds is 7. The summed E-state index contributed by atoms with van der Waals surface area (Å²) < 4.78 is 0. The predicted octanol–water partition coefficient (Wildman–Crippen LogP) is 3.09. The lowest BCUT2D eigenvalue weighted by Crippen LogP contribution is -2.46. The van der Waals surface area contributed by atoms with Crippen molar-refractivity contribution in [1.82, 2.24) is 30.3 Å². The average Bonchev–Trinajstić information content (AvgIpc) is 3.27. The maximum atomic E-state index is 4.49. The SMILES string of the molecule is CN=C(NCCC(C)N(C)Cc1ccccc1)N1CCC(c2ncn[nH]2)CC1.I. The van der Waals surface area contributed by atoms with Crippen molar-refractivity contribution in [2.24, 2.45) is 4.99 Å². The molecular formula is C21H34IN7. The van der Waals surface area contributed by atoms with E-state index in [1.807, 2.05) is 7.05 Å². The van der Waals surface area contributed by atoms with E-state index in [2.05, 4.69) is 79.6 Å². The second-order valence-electron chi connectivity index (χ2n) is 7.64. The number of nitrogens with zero attached hydrogens (tertiary/aromatic N) is 5. The van der Waals surface area contributed by atoms with Crippen LogP contribution in [-0.2, 0) is 6.54 Å². The standard InChI is InChI=1S/C21H33N7.HI/c1-17(27(3)15-18-7-5-4-6-8-18)9-12-23-21(22-2)28-13-10-19(11-14-28)20-24-16-25-26-20;/h4-8,16-17,19H,9-15H2,1-3H3,(H,22,23)(H,24,25,26);1H. The van der Waals surface area contributed by atoms with Crippen molar-refractivity contribution in [3.05, 3.63) is 48.0 Å².